The molecule has 0 fully saturated rings. The predicted molar refractivity (Wildman–Crippen MR) is 110 cm³/mol. The van der Waals surface area contributed by atoms with Crippen molar-refractivity contribution >= 4 is 20.8 Å². The normalized spacial score (nSPS) is 13.0. The first-order valence-corrected chi connectivity index (χ1v) is 10.6. The number of hydrogen-bond acceptors (Lipinski definition) is 3. The van der Waals surface area contributed by atoms with Crippen LogP contribution in [0.3, 0.4) is 0 Å². The summed E-state index contributed by atoms with van der Waals surface area (Å²) in [7, 11) is -3.60. The van der Waals surface area contributed by atoms with Crippen LogP contribution in [0, 0.1) is 0 Å². The third-order valence-corrected chi connectivity index (χ3v) is 6.02. The Morgan fingerprint density at radius 3 is 2.22 bits per heavy atom. The molecule has 4 nitrogen and oxygen atoms in total. The molecule has 0 aliphatic heterocycles. The van der Waals surface area contributed by atoms with Crippen LogP contribution >= 0.6 is 0 Å². The molecule has 0 spiro atoms. The fraction of sp³-hybridized carbons (Fsp3) is 0.273. The van der Waals surface area contributed by atoms with Crippen LogP contribution in [0.25, 0.3) is 10.8 Å². The van der Waals surface area contributed by atoms with Crippen molar-refractivity contribution in [3.63, 3.8) is 0 Å². The molecule has 0 aliphatic rings. The predicted octanol–water partition coefficient (Wildman–Crippen LogP) is 4.71. The minimum Gasteiger partial charge on any atom is -0.492 e. The Balaban J connectivity index is 1.64. The van der Waals surface area contributed by atoms with E-state index < -0.39 is 10.0 Å². The van der Waals surface area contributed by atoms with Crippen LogP contribution < -0.4 is 9.46 Å². The maximum atomic E-state index is 12.7. The van der Waals surface area contributed by atoms with Gasteiger partial charge in [-0.25, -0.2) is 13.1 Å². The van der Waals surface area contributed by atoms with Gasteiger partial charge in [-0.05, 0) is 53.4 Å². The number of hydrogen-bond donors (Lipinski definition) is 1. The van der Waals surface area contributed by atoms with E-state index in [-0.39, 0.29) is 17.5 Å². The summed E-state index contributed by atoms with van der Waals surface area (Å²) in [5.41, 5.74) is 1.24. The smallest absolute Gasteiger partial charge is 0.240 e. The van der Waals surface area contributed by atoms with Gasteiger partial charge in [0.05, 0.1) is 10.9 Å². The zero-order valence-corrected chi connectivity index (χ0v) is 16.7. The van der Waals surface area contributed by atoms with E-state index >= 15 is 0 Å². The minimum atomic E-state index is -3.60. The highest BCUT2D eigenvalue weighted by atomic mass is 32.2. The van der Waals surface area contributed by atoms with E-state index in [2.05, 4.69) is 18.6 Å². The molecule has 3 aromatic rings. The zero-order chi connectivity index (χ0) is 19.4. The SMILES string of the molecule is CC(C)c1ccc(OC[C@@H](C)NS(=O)(=O)c2ccc3ccccc3c2)cc1. The number of ether oxygens (including phenoxy) is 1. The fourth-order valence-electron chi connectivity index (χ4n) is 2.87. The van der Waals surface area contributed by atoms with Gasteiger partial charge in [-0.2, -0.15) is 0 Å². The summed E-state index contributed by atoms with van der Waals surface area (Å²) in [5.74, 6) is 1.20. The van der Waals surface area contributed by atoms with E-state index in [9.17, 15) is 8.42 Å². The molecule has 0 bridgehead atoms. The first-order valence-electron chi connectivity index (χ1n) is 9.09. The number of sulfonamides is 1. The lowest BCUT2D eigenvalue weighted by Gasteiger charge is -2.16. The van der Waals surface area contributed by atoms with Crippen molar-refractivity contribution in [1.29, 1.82) is 0 Å². The summed E-state index contributed by atoms with van der Waals surface area (Å²) in [6, 6.07) is 20.4. The number of nitrogens with one attached hydrogen (secondary N) is 1. The lowest BCUT2D eigenvalue weighted by Crippen LogP contribution is -2.36. The average Bonchev–Trinajstić information content (AvgIpc) is 2.66. The quantitative estimate of drug-likeness (QED) is 0.643. The van der Waals surface area contributed by atoms with E-state index in [1.807, 2.05) is 54.6 Å². The molecule has 1 atom stereocenters. The molecule has 27 heavy (non-hydrogen) atoms. The van der Waals surface area contributed by atoms with E-state index in [4.69, 9.17) is 4.74 Å². The maximum absolute atomic E-state index is 12.7. The molecule has 0 amide bonds. The third-order valence-electron chi connectivity index (χ3n) is 4.43. The standard InChI is InChI=1S/C22H25NO3S/c1-16(2)18-8-11-21(12-9-18)26-15-17(3)23-27(24,25)22-13-10-19-6-4-5-7-20(19)14-22/h4-14,16-17,23H,15H2,1-3H3/t17-/m1/s1. The lowest BCUT2D eigenvalue weighted by molar-refractivity contribution is 0.287. The minimum absolute atomic E-state index is 0.258. The van der Waals surface area contributed by atoms with Gasteiger partial charge < -0.3 is 4.74 Å². The molecule has 142 valence electrons. The van der Waals surface area contributed by atoms with Gasteiger partial charge in [-0.3, -0.25) is 0 Å². The highest BCUT2D eigenvalue weighted by molar-refractivity contribution is 7.89. The van der Waals surface area contributed by atoms with Gasteiger partial charge in [0.15, 0.2) is 0 Å². The highest BCUT2D eigenvalue weighted by Crippen LogP contribution is 2.20. The zero-order valence-electron chi connectivity index (χ0n) is 15.8. The molecule has 3 rings (SSSR count). The summed E-state index contributed by atoms with van der Waals surface area (Å²) in [6.45, 7) is 6.33. The van der Waals surface area contributed by atoms with Gasteiger partial charge in [0, 0.05) is 0 Å². The fourth-order valence-corrected chi connectivity index (χ4v) is 4.13. The summed E-state index contributed by atoms with van der Waals surface area (Å²) < 4.78 is 33.7. The van der Waals surface area contributed by atoms with Crippen molar-refractivity contribution in [3.05, 3.63) is 72.3 Å². The van der Waals surface area contributed by atoms with Gasteiger partial charge in [0.1, 0.15) is 12.4 Å². The van der Waals surface area contributed by atoms with Gasteiger partial charge in [-0.1, -0.05) is 56.3 Å². The molecule has 3 aromatic carbocycles. The van der Waals surface area contributed by atoms with Gasteiger partial charge in [0.2, 0.25) is 10.0 Å². The maximum Gasteiger partial charge on any atom is 0.240 e. The van der Waals surface area contributed by atoms with E-state index in [1.165, 1.54) is 5.56 Å². The van der Waals surface area contributed by atoms with E-state index in [0.717, 1.165) is 16.5 Å². The summed E-state index contributed by atoms with van der Waals surface area (Å²) in [4.78, 5) is 0.259. The van der Waals surface area contributed by atoms with E-state index in [0.29, 0.717) is 5.92 Å². The van der Waals surface area contributed by atoms with Gasteiger partial charge in [-0.15, -0.1) is 0 Å². The van der Waals surface area contributed by atoms with Gasteiger partial charge in [0.25, 0.3) is 0 Å². The summed E-state index contributed by atoms with van der Waals surface area (Å²) in [6.07, 6.45) is 0. The van der Waals surface area contributed by atoms with Crippen LogP contribution in [0.1, 0.15) is 32.3 Å². The van der Waals surface area contributed by atoms with Gasteiger partial charge >= 0.3 is 0 Å². The van der Waals surface area contributed by atoms with Crippen LogP contribution in [-0.4, -0.2) is 21.1 Å². The number of fused-ring (bicyclic) bond motifs is 1. The second-order valence-corrected chi connectivity index (χ2v) is 8.78. The Hall–Kier alpha value is -2.37. The second kappa shape index (κ2) is 8.11. The first-order chi connectivity index (χ1) is 12.8. The molecule has 0 heterocycles. The van der Waals surface area contributed by atoms with Crippen LogP contribution in [0.2, 0.25) is 0 Å². The molecular weight excluding hydrogens is 358 g/mol. The van der Waals surface area contributed by atoms with Crippen molar-refractivity contribution in [1.82, 2.24) is 4.72 Å². The summed E-state index contributed by atoms with van der Waals surface area (Å²) in [5, 5.41) is 1.91. The van der Waals surface area contributed by atoms with Crippen molar-refractivity contribution in [2.45, 2.75) is 37.6 Å². The molecule has 1 N–H and O–H groups in total. The van der Waals surface area contributed by atoms with Crippen LogP contribution in [-0.2, 0) is 10.0 Å². The molecule has 0 aliphatic carbocycles. The molecule has 0 unspecified atom stereocenters. The Labute approximate surface area is 161 Å². The first kappa shape index (κ1) is 19.4. The molecule has 0 saturated carbocycles. The highest BCUT2D eigenvalue weighted by Gasteiger charge is 2.18. The second-order valence-electron chi connectivity index (χ2n) is 7.07. The Morgan fingerprint density at radius 1 is 0.889 bits per heavy atom. The number of rotatable bonds is 7. The Bertz CT molecular complexity index is 1010. The van der Waals surface area contributed by atoms with Crippen molar-refractivity contribution < 1.29 is 13.2 Å². The van der Waals surface area contributed by atoms with Crippen molar-refractivity contribution in [2.75, 3.05) is 6.61 Å². The van der Waals surface area contributed by atoms with Crippen LogP contribution in [0.5, 0.6) is 5.75 Å². The lowest BCUT2D eigenvalue weighted by atomic mass is 10.0. The van der Waals surface area contributed by atoms with Crippen LogP contribution in [0.15, 0.2) is 71.6 Å². The average molecular weight is 384 g/mol. The third kappa shape index (κ3) is 4.87. The summed E-state index contributed by atoms with van der Waals surface area (Å²) >= 11 is 0. The molecule has 0 radical (unpaired) electrons. The Kier molecular flexibility index (Phi) is 5.82. The Morgan fingerprint density at radius 2 is 1.56 bits per heavy atom. The molecule has 5 heteroatoms. The topological polar surface area (TPSA) is 55.4 Å². The number of benzene rings is 3. The largest absolute Gasteiger partial charge is 0.492 e. The monoisotopic (exact) mass is 383 g/mol. The molecule has 0 aromatic heterocycles. The van der Waals surface area contributed by atoms with E-state index in [1.54, 1.807) is 19.1 Å². The molecule has 0 saturated heterocycles. The van der Waals surface area contributed by atoms with Crippen molar-refractivity contribution in [3.8, 4) is 5.75 Å². The van der Waals surface area contributed by atoms with Crippen molar-refractivity contribution in [2.24, 2.45) is 0 Å². The molecular formula is C22H25NO3S. The van der Waals surface area contributed by atoms with Crippen LogP contribution in [0.4, 0.5) is 0 Å².